The van der Waals surface area contributed by atoms with Crippen molar-refractivity contribution < 1.29 is 9.47 Å². The van der Waals surface area contributed by atoms with Crippen molar-refractivity contribution in [3.63, 3.8) is 0 Å². The van der Waals surface area contributed by atoms with Gasteiger partial charge in [0.1, 0.15) is 5.82 Å². The lowest BCUT2D eigenvalue weighted by Crippen LogP contribution is -2.24. The molecule has 0 aliphatic carbocycles. The lowest BCUT2D eigenvalue weighted by Gasteiger charge is -2.22. The molecule has 0 aliphatic rings. The van der Waals surface area contributed by atoms with Crippen LogP contribution in [-0.4, -0.2) is 24.3 Å². The van der Waals surface area contributed by atoms with E-state index in [-0.39, 0.29) is 5.60 Å². The highest BCUT2D eigenvalue weighted by molar-refractivity contribution is 5.37. The molecule has 0 atom stereocenters. The van der Waals surface area contributed by atoms with Gasteiger partial charge in [0.15, 0.2) is 0 Å². The van der Waals surface area contributed by atoms with Gasteiger partial charge in [-0.2, -0.15) is 0 Å². The predicted molar refractivity (Wildman–Crippen MR) is 64.0 cm³/mol. The van der Waals surface area contributed by atoms with Crippen LogP contribution in [-0.2, 0) is 16.1 Å². The Morgan fingerprint density at radius 3 is 2.81 bits per heavy atom. The van der Waals surface area contributed by atoms with Crippen molar-refractivity contribution >= 4 is 5.82 Å². The monoisotopic (exact) mass is 224 g/mol. The van der Waals surface area contributed by atoms with Crippen LogP contribution < -0.4 is 5.73 Å². The topological polar surface area (TPSA) is 57.4 Å². The molecule has 0 fully saturated rings. The summed E-state index contributed by atoms with van der Waals surface area (Å²) in [4.78, 5) is 4.00. The molecule has 1 rings (SSSR count). The summed E-state index contributed by atoms with van der Waals surface area (Å²) in [6.45, 7) is 5.22. The van der Waals surface area contributed by atoms with Crippen molar-refractivity contribution in [1.82, 2.24) is 4.98 Å². The number of nitrogens with two attached hydrogens (primary N) is 1. The van der Waals surface area contributed by atoms with E-state index in [1.54, 1.807) is 13.3 Å². The van der Waals surface area contributed by atoms with Gasteiger partial charge in [-0.15, -0.1) is 0 Å². The molecule has 1 aromatic rings. The first-order valence-corrected chi connectivity index (χ1v) is 5.37. The predicted octanol–water partition coefficient (Wildman–Crippen LogP) is 2.00. The molecule has 1 aromatic heterocycles. The summed E-state index contributed by atoms with van der Waals surface area (Å²) in [5.74, 6) is 0.536. The van der Waals surface area contributed by atoms with E-state index in [1.165, 1.54) is 0 Å². The first-order chi connectivity index (χ1) is 7.55. The van der Waals surface area contributed by atoms with Crippen molar-refractivity contribution in [3.8, 4) is 0 Å². The van der Waals surface area contributed by atoms with Crippen LogP contribution in [0.5, 0.6) is 0 Å². The second-order valence-corrected chi connectivity index (χ2v) is 4.31. The smallest absolute Gasteiger partial charge is 0.128 e. The molecular weight excluding hydrogens is 204 g/mol. The van der Waals surface area contributed by atoms with Gasteiger partial charge in [-0.1, -0.05) is 6.07 Å². The molecule has 0 aliphatic heterocycles. The van der Waals surface area contributed by atoms with Gasteiger partial charge in [-0.25, -0.2) is 4.98 Å². The molecule has 4 heteroatoms. The molecule has 2 N–H and O–H groups in total. The zero-order chi connectivity index (χ0) is 12.0. The normalized spacial score (nSPS) is 11.7. The average Bonchev–Trinajstić information content (AvgIpc) is 2.27. The highest BCUT2D eigenvalue weighted by atomic mass is 16.5. The first kappa shape index (κ1) is 12.9. The number of hydrogen-bond acceptors (Lipinski definition) is 4. The van der Waals surface area contributed by atoms with E-state index < -0.39 is 0 Å². The summed E-state index contributed by atoms with van der Waals surface area (Å²) >= 11 is 0. The third-order valence-electron chi connectivity index (χ3n) is 2.58. The number of aromatic nitrogens is 1. The summed E-state index contributed by atoms with van der Waals surface area (Å²) in [6, 6.07) is 3.78. The summed E-state index contributed by atoms with van der Waals surface area (Å²) in [5, 5.41) is 0. The Bertz CT molecular complexity index is 327. The molecule has 0 saturated carbocycles. The van der Waals surface area contributed by atoms with Crippen molar-refractivity contribution in [2.45, 2.75) is 32.5 Å². The summed E-state index contributed by atoms with van der Waals surface area (Å²) in [5.41, 5.74) is 6.49. The number of rotatable bonds is 6. The minimum Gasteiger partial charge on any atom is -0.383 e. The molecule has 0 spiro atoms. The third kappa shape index (κ3) is 4.16. The van der Waals surface area contributed by atoms with E-state index in [2.05, 4.69) is 4.98 Å². The zero-order valence-corrected chi connectivity index (χ0v) is 10.2. The summed E-state index contributed by atoms with van der Waals surface area (Å²) < 4.78 is 10.8. The maximum atomic E-state index is 5.70. The second kappa shape index (κ2) is 5.82. The maximum Gasteiger partial charge on any atom is 0.128 e. The number of nitrogen functional groups attached to an aromatic ring is 1. The van der Waals surface area contributed by atoms with Gasteiger partial charge >= 0.3 is 0 Å². The van der Waals surface area contributed by atoms with E-state index in [1.807, 2.05) is 26.0 Å². The second-order valence-electron chi connectivity index (χ2n) is 4.31. The Morgan fingerprint density at radius 1 is 1.44 bits per heavy atom. The van der Waals surface area contributed by atoms with Crippen LogP contribution in [0.4, 0.5) is 5.82 Å². The molecule has 0 saturated heterocycles. The fourth-order valence-electron chi connectivity index (χ4n) is 1.18. The maximum absolute atomic E-state index is 5.70. The van der Waals surface area contributed by atoms with Crippen LogP contribution in [0.2, 0.25) is 0 Å². The van der Waals surface area contributed by atoms with E-state index in [4.69, 9.17) is 15.2 Å². The van der Waals surface area contributed by atoms with Gasteiger partial charge in [0.25, 0.3) is 0 Å². The van der Waals surface area contributed by atoms with Crippen LogP contribution in [0, 0.1) is 0 Å². The van der Waals surface area contributed by atoms with Crippen LogP contribution in [0.15, 0.2) is 18.3 Å². The number of pyridine rings is 1. The number of ether oxygens (including phenoxy) is 2. The van der Waals surface area contributed by atoms with Gasteiger partial charge in [-0.05, 0) is 26.3 Å². The minimum absolute atomic E-state index is 0.138. The Labute approximate surface area is 96.8 Å². The van der Waals surface area contributed by atoms with Gasteiger partial charge < -0.3 is 15.2 Å². The number of anilines is 1. The largest absolute Gasteiger partial charge is 0.383 e. The van der Waals surface area contributed by atoms with Gasteiger partial charge in [0, 0.05) is 25.5 Å². The number of hydrogen-bond donors (Lipinski definition) is 1. The molecule has 90 valence electrons. The number of nitrogens with zero attached hydrogens (tertiary/aromatic N) is 1. The van der Waals surface area contributed by atoms with Gasteiger partial charge in [-0.3, -0.25) is 0 Å². The standard InChI is InChI=1S/C12H20N2O2/c1-12(2,15-3)6-8-16-9-10-5-4-7-14-11(10)13/h4-5,7H,6,8-9H2,1-3H3,(H2,13,14). The fourth-order valence-corrected chi connectivity index (χ4v) is 1.18. The van der Waals surface area contributed by atoms with E-state index in [0.29, 0.717) is 19.0 Å². The summed E-state index contributed by atoms with van der Waals surface area (Å²) in [6.07, 6.45) is 2.52. The van der Waals surface area contributed by atoms with Crippen LogP contribution >= 0.6 is 0 Å². The molecule has 0 bridgehead atoms. The number of methoxy groups -OCH3 is 1. The Kier molecular flexibility index (Phi) is 4.71. The van der Waals surface area contributed by atoms with Crippen LogP contribution in [0.3, 0.4) is 0 Å². The molecule has 1 heterocycles. The van der Waals surface area contributed by atoms with Crippen molar-refractivity contribution in [1.29, 1.82) is 0 Å². The Hall–Kier alpha value is -1.13. The molecule has 0 unspecified atom stereocenters. The van der Waals surface area contributed by atoms with Gasteiger partial charge in [0.2, 0.25) is 0 Å². The SMILES string of the molecule is COC(C)(C)CCOCc1cccnc1N. The minimum atomic E-state index is -0.138. The van der Waals surface area contributed by atoms with Crippen molar-refractivity contribution in [3.05, 3.63) is 23.9 Å². The average molecular weight is 224 g/mol. The molecular formula is C12H20N2O2. The van der Waals surface area contributed by atoms with Crippen molar-refractivity contribution in [2.24, 2.45) is 0 Å². The highest BCUT2D eigenvalue weighted by Crippen LogP contribution is 2.14. The van der Waals surface area contributed by atoms with E-state index >= 15 is 0 Å². The Balaban J connectivity index is 2.29. The molecule has 4 nitrogen and oxygen atoms in total. The Morgan fingerprint density at radius 2 is 2.19 bits per heavy atom. The van der Waals surface area contributed by atoms with E-state index in [0.717, 1.165) is 12.0 Å². The van der Waals surface area contributed by atoms with E-state index in [9.17, 15) is 0 Å². The van der Waals surface area contributed by atoms with Gasteiger partial charge in [0.05, 0.1) is 12.2 Å². The quantitative estimate of drug-likeness (QED) is 0.751. The summed E-state index contributed by atoms with van der Waals surface area (Å²) in [7, 11) is 1.71. The van der Waals surface area contributed by atoms with Crippen LogP contribution in [0.25, 0.3) is 0 Å². The lowest BCUT2D eigenvalue weighted by molar-refractivity contribution is -0.0124. The lowest BCUT2D eigenvalue weighted by atomic mass is 10.1. The molecule has 0 aromatic carbocycles. The fraction of sp³-hybridized carbons (Fsp3) is 0.583. The first-order valence-electron chi connectivity index (χ1n) is 5.37. The molecule has 0 amide bonds. The van der Waals surface area contributed by atoms with Crippen molar-refractivity contribution in [2.75, 3.05) is 19.5 Å². The molecule has 0 radical (unpaired) electrons. The van der Waals surface area contributed by atoms with Crippen LogP contribution in [0.1, 0.15) is 25.8 Å². The molecule has 16 heavy (non-hydrogen) atoms. The third-order valence-corrected chi connectivity index (χ3v) is 2.58. The highest BCUT2D eigenvalue weighted by Gasteiger charge is 2.15. The zero-order valence-electron chi connectivity index (χ0n) is 10.2.